The molecule has 2 heteroatoms. The zero-order valence-electron chi connectivity index (χ0n) is 13.9. The Bertz CT molecular complexity index is 290. The summed E-state index contributed by atoms with van der Waals surface area (Å²) in [6.07, 6.45) is 5.37. The Balaban J connectivity index is 1.89. The zero-order chi connectivity index (χ0) is 14.3. The molecule has 2 rings (SSSR count). The third-order valence-corrected chi connectivity index (χ3v) is 4.98. The first kappa shape index (κ1) is 15.3. The molecule has 2 nitrogen and oxygen atoms in total. The van der Waals surface area contributed by atoms with Crippen LogP contribution < -0.4 is 5.32 Å². The molecule has 0 spiro atoms. The van der Waals surface area contributed by atoms with Gasteiger partial charge >= 0.3 is 0 Å². The van der Waals surface area contributed by atoms with E-state index in [-0.39, 0.29) is 0 Å². The molecule has 2 fully saturated rings. The first-order valence-corrected chi connectivity index (χ1v) is 8.17. The van der Waals surface area contributed by atoms with Crippen molar-refractivity contribution in [3.05, 3.63) is 0 Å². The smallest absolute Gasteiger partial charge is 0.0209 e. The summed E-state index contributed by atoms with van der Waals surface area (Å²) < 4.78 is 0. The summed E-state index contributed by atoms with van der Waals surface area (Å²) in [5.41, 5.74) is 0.992. The van der Waals surface area contributed by atoms with Crippen LogP contribution in [-0.2, 0) is 0 Å². The maximum absolute atomic E-state index is 3.97. The lowest BCUT2D eigenvalue weighted by Crippen LogP contribution is -2.48. The third-order valence-electron chi connectivity index (χ3n) is 4.98. The number of nitrogens with zero attached hydrogens (tertiary/aromatic N) is 1. The maximum Gasteiger partial charge on any atom is 0.0209 e. The van der Waals surface area contributed by atoms with E-state index in [9.17, 15) is 0 Å². The Kier molecular flexibility index (Phi) is 4.32. The fraction of sp³-hybridized carbons (Fsp3) is 1.00. The summed E-state index contributed by atoms with van der Waals surface area (Å²) in [6, 6.07) is 2.14. The molecule has 0 amide bonds. The maximum atomic E-state index is 3.97. The van der Waals surface area contributed by atoms with Crippen LogP contribution in [0, 0.1) is 10.8 Å². The average molecular weight is 266 g/mol. The molecule has 1 aliphatic carbocycles. The van der Waals surface area contributed by atoms with Gasteiger partial charge < -0.3 is 5.32 Å². The van der Waals surface area contributed by atoms with E-state index in [1.165, 1.54) is 38.8 Å². The molecule has 1 saturated carbocycles. The predicted octanol–water partition coefficient (Wildman–Crippen LogP) is 3.66. The summed E-state index contributed by atoms with van der Waals surface area (Å²) in [4.78, 5) is 2.61. The van der Waals surface area contributed by atoms with Gasteiger partial charge in [0.2, 0.25) is 0 Å². The lowest BCUT2D eigenvalue weighted by Gasteiger charge is -2.46. The largest absolute Gasteiger partial charge is 0.310 e. The Hall–Kier alpha value is -0.0800. The van der Waals surface area contributed by atoms with E-state index < -0.39 is 0 Å². The van der Waals surface area contributed by atoms with Crippen molar-refractivity contribution in [3.63, 3.8) is 0 Å². The first-order chi connectivity index (χ1) is 8.67. The first-order valence-electron chi connectivity index (χ1n) is 8.17. The highest BCUT2D eigenvalue weighted by molar-refractivity contribution is 4.95. The van der Waals surface area contributed by atoms with E-state index >= 15 is 0 Å². The van der Waals surface area contributed by atoms with Crippen LogP contribution in [0.5, 0.6) is 0 Å². The van der Waals surface area contributed by atoms with Crippen LogP contribution in [0.25, 0.3) is 0 Å². The van der Waals surface area contributed by atoms with Gasteiger partial charge in [0, 0.05) is 24.7 Å². The van der Waals surface area contributed by atoms with Crippen molar-refractivity contribution < 1.29 is 0 Å². The van der Waals surface area contributed by atoms with Gasteiger partial charge in [-0.15, -0.1) is 0 Å². The minimum atomic E-state index is 0.496. The van der Waals surface area contributed by atoms with E-state index in [0.29, 0.717) is 16.9 Å². The predicted molar refractivity (Wildman–Crippen MR) is 83.5 cm³/mol. The second-order valence-electron chi connectivity index (χ2n) is 8.85. The summed E-state index contributed by atoms with van der Waals surface area (Å²) in [6.45, 7) is 16.9. The van der Waals surface area contributed by atoms with Crippen molar-refractivity contribution in [1.82, 2.24) is 10.2 Å². The highest BCUT2D eigenvalue weighted by atomic mass is 15.2. The SMILES string of the molecule is CC(C)N1CCC(NC2CC(C)(C)CC(C)(C)C2)C1. The molecule has 1 unspecified atom stereocenters. The molecule has 1 N–H and O–H groups in total. The molecule has 0 aromatic rings. The minimum absolute atomic E-state index is 0.496. The number of nitrogens with one attached hydrogen (secondary N) is 1. The van der Waals surface area contributed by atoms with Crippen LogP contribution in [0.15, 0.2) is 0 Å². The van der Waals surface area contributed by atoms with Crippen molar-refractivity contribution in [3.8, 4) is 0 Å². The van der Waals surface area contributed by atoms with Crippen LogP contribution in [0.2, 0.25) is 0 Å². The molecule has 0 radical (unpaired) electrons. The Morgan fingerprint density at radius 1 is 1.00 bits per heavy atom. The summed E-state index contributed by atoms with van der Waals surface area (Å²) in [5.74, 6) is 0. The van der Waals surface area contributed by atoms with Crippen LogP contribution in [0.1, 0.15) is 67.2 Å². The lowest BCUT2D eigenvalue weighted by molar-refractivity contribution is 0.0803. The van der Waals surface area contributed by atoms with Crippen LogP contribution >= 0.6 is 0 Å². The van der Waals surface area contributed by atoms with Crippen molar-refractivity contribution >= 4 is 0 Å². The molecule has 0 bridgehead atoms. The molecule has 1 heterocycles. The van der Waals surface area contributed by atoms with Gasteiger partial charge in [0.1, 0.15) is 0 Å². The minimum Gasteiger partial charge on any atom is -0.310 e. The molecule has 1 aliphatic heterocycles. The zero-order valence-corrected chi connectivity index (χ0v) is 13.9. The van der Waals surface area contributed by atoms with Crippen LogP contribution in [0.3, 0.4) is 0 Å². The molecule has 19 heavy (non-hydrogen) atoms. The van der Waals surface area contributed by atoms with E-state index in [2.05, 4.69) is 51.8 Å². The molecule has 2 aliphatic rings. The summed E-state index contributed by atoms with van der Waals surface area (Å²) in [5, 5.41) is 3.97. The lowest BCUT2D eigenvalue weighted by atomic mass is 9.63. The van der Waals surface area contributed by atoms with Gasteiger partial charge in [-0.3, -0.25) is 4.90 Å². The van der Waals surface area contributed by atoms with Crippen LogP contribution in [-0.4, -0.2) is 36.1 Å². The van der Waals surface area contributed by atoms with Crippen molar-refractivity contribution in [2.24, 2.45) is 10.8 Å². The quantitative estimate of drug-likeness (QED) is 0.838. The standard InChI is InChI=1S/C17H34N2/c1-13(2)19-8-7-14(11-19)18-15-9-16(3,4)12-17(5,6)10-15/h13-15,18H,7-12H2,1-6H3. The van der Waals surface area contributed by atoms with E-state index in [1.54, 1.807) is 0 Å². The molecular formula is C17H34N2. The molecule has 112 valence electrons. The van der Waals surface area contributed by atoms with E-state index in [1.807, 2.05) is 0 Å². The number of hydrogen-bond donors (Lipinski definition) is 1. The molecule has 1 saturated heterocycles. The molecular weight excluding hydrogens is 232 g/mol. The van der Waals surface area contributed by atoms with Crippen molar-refractivity contribution in [2.75, 3.05) is 13.1 Å². The Labute approximate surface area is 120 Å². The second kappa shape index (κ2) is 5.37. The second-order valence-corrected chi connectivity index (χ2v) is 8.85. The molecule has 0 aromatic carbocycles. The Morgan fingerprint density at radius 3 is 2.05 bits per heavy atom. The highest BCUT2D eigenvalue weighted by Gasteiger charge is 2.39. The van der Waals surface area contributed by atoms with Gasteiger partial charge in [-0.05, 0) is 56.9 Å². The van der Waals surface area contributed by atoms with Gasteiger partial charge in [-0.1, -0.05) is 27.7 Å². The van der Waals surface area contributed by atoms with E-state index in [0.717, 1.165) is 12.1 Å². The Morgan fingerprint density at radius 2 is 1.58 bits per heavy atom. The number of likely N-dealkylation sites (tertiary alicyclic amines) is 1. The van der Waals surface area contributed by atoms with Crippen LogP contribution in [0.4, 0.5) is 0 Å². The number of rotatable bonds is 3. The topological polar surface area (TPSA) is 15.3 Å². The monoisotopic (exact) mass is 266 g/mol. The van der Waals surface area contributed by atoms with Crippen molar-refractivity contribution in [2.45, 2.75) is 85.4 Å². The number of hydrogen-bond acceptors (Lipinski definition) is 2. The summed E-state index contributed by atoms with van der Waals surface area (Å²) >= 11 is 0. The summed E-state index contributed by atoms with van der Waals surface area (Å²) in [7, 11) is 0. The molecule has 1 atom stereocenters. The van der Waals surface area contributed by atoms with Gasteiger partial charge in [0.25, 0.3) is 0 Å². The van der Waals surface area contributed by atoms with Gasteiger partial charge in [0.15, 0.2) is 0 Å². The highest BCUT2D eigenvalue weighted by Crippen LogP contribution is 2.45. The molecule has 0 aromatic heterocycles. The fourth-order valence-electron chi connectivity index (χ4n) is 4.69. The van der Waals surface area contributed by atoms with Crippen molar-refractivity contribution in [1.29, 1.82) is 0 Å². The van der Waals surface area contributed by atoms with Gasteiger partial charge in [-0.2, -0.15) is 0 Å². The third kappa shape index (κ3) is 4.19. The van der Waals surface area contributed by atoms with E-state index in [4.69, 9.17) is 0 Å². The normalized spacial score (nSPS) is 32.1. The fourth-order valence-corrected chi connectivity index (χ4v) is 4.69. The average Bonchev–Trinajstić information content (AvgIpc) is 2.60. The van der Waals surface area contributed by atoms with Gasteiger partial charge in [0.05, 0.1) is 0 Å². The van der Waals surface area contributed by atoms with Gasteiger partial charge in [-0.25, -0.2) is 0 Å².